The lowest BCUT2D eigenvalue weighted by Gasteiger charge is -2.07. The van der Waals surface area contributed by atoms with Gasteiger partial charge < -0.3 is 16.4 Å². The van der Waals surface area contributed by atoms with Crippen molar-refractivity contribution in [3.8, 4) is 0 Å². The number of carbonyl (C=O) groups is 1. The van der Waals surface area contributed by atoms with Crippen LogP contribution in [0.25, 0.3) is 0 Å². The molecule has 0 fully saturated rings. The molecule has 8 heteroatoms. The summed E-state index contributed by atoms with van der Waals surface area (Å²) in [5.41, 5.74) is 5.44. The first-order chi connectivity index (χ1) is 7.09. The Morgan fingerprint density at radius 2 is 2.13 bits per heavy atom. The first-order valence-electron chi connectivity index (χ1n) is 4.05. The maximum atomic E-state index is 10.3. The van der Waals surface area contributed by atoms with Gasteiger partial charge in [-0.25, -0.2) is 4.79 Å². The zero-order valence-electron chi connectivity index (χ0n) is 7.63. The van der Waals surface area contributed by atoms with Crippen LogP contribution in [0.15, 0.2) is 6.07 Å². The Balaban J connectivity index is 2.43. The molecule has 1 heterocycles. The Morgan fingerprint density at radius 3 is 2.80 bits per heavy atom. The highest BCUT2D eigenvalue weighted by molar-refractivity contribution is 6.33. The zero-order chi connectivity index (χ0) is 11.3. The van der Waals surface area contributed by atoms with Crippen LogP contribution in [-0.4, -0.2) is 29.3 Å². The van der Waals surface area contributed by atoms with E-state index in [1.165, 1.54) is 0 Å². The van der Waals surface area contributed by atoms with E-state index in [1.54, 1.807) is 6.07 Å². The first kappa shape index (κ1) is 11.8. The van der Waals surface area contributed by atoms with Crippen molar-refractivity contribution in [1.82, 2.24) is 15.5 Å². The smallest absolute Gasteiger partial charge is 0.312 e. The van der Waals surface area contributed by atoms with Gasteiger partial charge in [-0.3, -0.25) is 0 Å². The summed E-state index contributed by atoms with van der Waals surface area (Å²) in [5.74, 6) is 0. The Bertz CT molecular complexity index is 359. The van der Waals surface area contributed by atoms with Gasteiger partial charge in [-0.15, -0.1) is 10.2 Å². The molecule has 0 aromatic carbocycles. The molecule has 0 unspecified atom stereocenters. The maximum Gasteiger partial charge on any atom is 0.312 e. The lowest BCUT2D eigenvalue weighted by atomic mass is 10.4. The average Bonchev–Trinajstić information content (AvgIpc) is 2.17. The number of anilines is 1. The lowest BCUT2D eigenvalue weighted by molar-refractivity contribution is 0.249. The highest BCUT2D eigenvalue weighted by atomic mass is 35.5. The van der Waals surface area contributed by atoms with Crippen molar-refractivity contribution in [2.45, 2.75) is 0 Å². The van der Waals surface area contributed by atoms with Crippen molar-refractivity contribution in [2.24, 2.45) is 5.73 Å². The highest BCUT2D eigenvalue weighted by Crippen LogP contribution is 2.20. The first-order valence-corrected chi connectivity index (χ1v) is 4.81. The third-order valence-corrected chi connectivity index (χ3v) is 1.92. The third-order valence-electron chi connectivity index (χ3n) is 1.46. The van der Waals surface area contributed by atoms with Gasteiger partial charge in [-0.2, -0.15) is 0 Å². The molecule has 0 saturated heterocycles. The molecular formula is C7H9Cl2N5O. The average molecular weight is 250 g/mol. The maximum absolute atomic E-state index is 10.3. The molecule has 82 valence electrons. The second kappa shape index (κ2) is 5.57. The van der Waals surface area contributed by atoms with Crippen molar-refractivity contribution in [1.29, 1.82) is 0 Å². The Labute approximate surface area is 96.1 Å². The molecule has 1 rings (SSSR count). The summed E-state index contributed by atoms with van der Waals surface area (Å²) in [6.07, 6.45) is 0. The number of primary amides is 1. The van der Waals surface area contributed by atoms with Crippen LogP contribution in [0.2, 0.25) is 10.3 Å². The van der Waals surface area contributed by atoms with Crippen molar-refractivity contribution in [3.63, 3.8) is 0 Å². The molecule has 0 aliphatic heterocycles. The number of nitrogens with zero attached hydrogens (tertiary/aromatic N) is 2. The second-order valence-electron chi connectivity index (χ2n) is 2.59. The Hall–Kier alpha value is -1.27. The number of nitrogens with one attached hydrogen (secondary N) is 2. The van der Waals surface area contributed by atoms with Crippen LogP contribution < -0.4 is 16.4 Å². The molecule has 2 amide bonds. The fourth-order valence-corrected chi connectivity index (χ4v) is 1.17. The van der Waals surface area contributed by atoms with Gasteiger partial charge in [0.25, 0.3) is 0 Å². The minimum atomic E-state index is -0.575. The number of aromatic nitrogens is 2. The summed E-state index contributed by atoms with van der Waals surface area (Å²) < 4.78 is 0. The quantitative estimate of drug-likeness (QED) is 0.691. The molecule has 0 saturated carbocycles. The van der Waals surface area contributed by atoms with Gasteiger partial charge in [-0.1, -0.05) is 23.2 Å². The number of nitrogens with two attached hydrogens (primary N) is 1. The van der Waals surface area contributed by atoms with Crippen molar-refractivity contribution in [3.05, 3.63) is 16.4 Å². The van der Waals surface area contributed by atoms with Gasteiger partial charge in [0.1, 0.15) is 0 Å². The highest BCUT2D eigenvalue weighted by Gasteiger charge is 2.02. The van der Waals surface area contributed by atoms with E-state index in [9.17, 15) is 4.79 Å². The number of halogens is 2. The summed E-state index contributed by atoms with van der Waals surface area (Å²) in [5, 5.41) is 12.9. The SMILES string of the molecule is NC(=O)NCCNc1cc(Cl)nnc1Cl. The number of rotatable bonds is 4. The van der Waals surface area contributed by atoms with E-state index in [4.69, 9.17) is 28.9 Å². The predicted molar refractivity (Wildman–Crippen MR) is 58.1 cm³/mol. The summed E-state index contributed by atoms with van der Waals surface area (Å²) in [7, 11) is 0. The van der Waals surface area contributed by atoms with Crippen LogP contribution in [0.1, 0.15) is 0 Å². The van der Waals surface area contributed by atoms with Crippen LogP contribution in [0.3, 0.4) is 0 Å². The van der Waals surface area contributed by atoms with Crippen LogP contribution in [0.5, 0.6) is 0 Å². The van der Waals surface area contributed by atoms with Gasteiger partial charge in [0.15, 0.2) is 10.3 Å². The molecule has 0 aliphatic carbocycles. The number of urea groups is 1. The summed E-state index contributed by atoms with van der Waals surface area (Å²) >= 11 is 11.3. The molecule has 0 aliphatic rings. The number of carbonyl (C=O) groups excluding carboxylic acids is 1. The normalized spacial score (nSPS) is 9.73. The number of hydrogen-bond acceptors (Lipinski definition) is 4. The minimum Gasteiger partial charge on any atom is -0.381 e. The standard InChI is InChI=1S/C7H9Cl2N5O/c8-5-3-4(6(9)14-13-5)11-1-2-12-7(10)15/h3H,1-2H2,(H,11,13)(H3,10,12,15). The fraction of sp³-hybridized carbons (Fsp3) is 0.286. The third kappa shape index (κ3) is 4.18. The van der Waals surface area contributed by atoms with E-state index in [2.05, 4.69) is 20.8 Å². The van der Waals surface area contributed by atoms with Gasteiger partial charge >= 0.3 is 6.03 Å². The van der Waals surface area contributed by atoms with Gasteiger partial charge in [0.2, 0.25) is 0 Å². The van der Waals surface area contributed by atoms with Crippen LogP contribution in [0.4, 0.5) is 10.5 Å². The van der Waals surface area contributed by atoms with Gasteiger partial charge in [-0.05, 0) is 0 Å². The van der Waals surface area contributed by atoms with Crippen LogP contribution >= 0.6 is 23.2 Å². The number of hydrogen-bond donors (Lipinski definition) is 3. The van der Waals surface area contributed by atoms with E-state index < -0.39 is 6.03 Å². The summed E-state index contributed by atoms with van der Waals surface area (Å²) in [4.78, 5) is 10.3. The molecule has 1 aromatic heterocycles. The van der Waals surface area contributed by atoms with E-state index in [1.807, 2.05) is 0 Å². The molecule has 6 nitrogen and oxygen atoms in total. The molecular weight excluding hydrogens is 241 g/mol. The summed E-state index contributed by atoms with van der Waals surface area (Å²) in [6.45, 7) is 0.844. The van der Waals surface area contributed by atoms with Gasteiger partial charge in [0, 0.05) is 19.2 Å². The Kier molecular flexibility index (Phi) is 4.38. The molecule has 1 aromatic rings. The minimum absolute atomic E-state index is 0.221. The van der Waals surface area contributed by atoms with Crippen molar-refractivity contribution < 1.29 is 4.79 Å². The summed E-state index contributed by atoms with van der Waals surface area (Å²) in [6, 6.07) is 0.968. The van der Waals surface area contributed by atoms with E-state index in [-0.39, 0.29) is 10.3 Å². The molecule has 0 spiro atoms. The van der Waals surface area contributed by atoms with Gasteiger partial charge in [0.05, 0.1) is 5.69 Å². The van der Waals surface area contributed by atoms with Crippen LogP contribution in [-0.2, 0) is 0 Å². The molecule has 0 atom stereocenters. The number of amides is 2. The van der Waals surface area contributed by atoms with Crippen LogP contribution in [0, 0.1) is 0 Å². The van der Waals surface area contributed by atoms with E-state index >= 15 is 0 Å². The molecule has 15 heavy (non-hydrogen) atoms. The predicted octanol–water partition coefficient (Wildman–Crippen LogP) is 0.864. The zero-order valence-corrected chi connectivity index (χ0v) is 9.14. The van der Waals surface area contributed by atoms with E-state index in [0.717, 1.165) is 0 Å². The van der Waals surface area contributed by atoms with E-state index in [0.29, 0.717) is 18.8 Å². The molecule has 0 bridgehead atoms. The van der Waals surface area contributed by atoms with Crippen molar-refractivity contribution >= 4 is 34.9 Å². The largest absolute Gasteiger partial charge is 0.381 e. The lowest BCUT2D eigenvalue weighted by Crippen LogP contribution is -2.33. The monoisotopic (exact) mass is 249 g/mol. The van der Waals surface area contributed by atoms with Crippen molar-refractivity contribution in [2.75, 3.05) is 18.4 Å². The Morgan fingerprint density at radius 1 is 1.40 bits per heavy atom. The molecule has 0 radical (unpaired) electrons. The second-order valence-corrected chi connectivity index (χ2v) is 3.33. The fourth-order valence-electron chi connectivity index (χ4n) is 0.860. The molecule has 4 N–H and O–H groups in total. The topological polar surface area (TPSA) is 92.9 Å².